The lowest BCUT2D eigenvalue weighted by Crippen LogP contribution is -2.30. The van der Waals surface area contributed by atoms with Crippen molar-refractivity contribution in [1.82, 2.24) is 0 Å². The zero-order valence-electron chi connectivity index (χ0n) is 7.10. The Balaban J connectivity index is 2.47. The first kappa shape index (κ1) is 7.01. The van der Waals surface area contributed by atoms with E-state index in [1.807, 2.05) is 6.92 Å². The Morgan fingerprint density at radius 3 is 2.00 bits per heavy atom. The Labute approximate surface area is 66.0 Å². The monoisotopic (exact) mass is 152 g/mol. The predicted molar refractivity (Wildman–Crippen MR) is 40.0 cm³/mol. The highest BCUT2D eigenvalue weighted by molar-refractivity contribution is 6.20. The number of Topliss-reactive ketones (excluding diaryl/α,β-unsaturated/α-hetero) is 2. The molecule has 0 N–H and O–H groups in total. The van der Waals surface area contributed by atoms with E-state index in [0.717, 1.165) is 6.42 Å². The van der Waals surface area contributed by atoms with Crippen molar-refractivity contribution in [2.24, 2.45) is 16.7 Å². The van der Waals surface area contributed by atoms with Crippen LogP contribution in [-0.2, 0) is 9.59 Å². The van der Waals surface area contributed by atoms with Gasteiger partial charge in [-0.2, -0.15) is 0 Å². The second-order valence-electron chi connectivity index (χ2n) is 4.49. The Morgan fingerprint density at radius 2 is 1.82 bits per heavy atom. The van der Waals surface area contributed by atoms with Crippen molar-refractivity contribution in [3.8, 4) is 0 Å². The zero-order valence-corrected chi connectivity index (χ0v) is 7.10. The maximum atomic E-state index is 11.6. The summed E-state index contributed by atoms with van der Waals surface area (Å²) >= 11 is 0. The highest BCUT2D eigenvalue weighted by Crippen LogP contribution is 2.64. The van der Waals surface area contributed by atoms with Gasteiger partial charge in [-0.15, -0.1) is 0 Å². The number of hydrogen-bond donors (Lipinski definition) is 0. The highest BCUT2D eigenvalue weighted by Gasteiger charge is 2.71. The molecule has 11 heavy (non-hydrogen) atoms. The van der Waals surface area contributed by atoms with Gasteiger partial charge in [0, 0.05) is 11.3 Å². The van der Waals surface area contributed by atoms with Gasteiger partial charge in [0.1, 0.15) is 5.78 Å². The van der Waals surface area contributed by atoms with E-state index in [-0.39, 0.29) is 22.9 Å². The SMILES string of the molecule is CC1(C)C(=O)C2CC2(C)C1=O. The van der Waals surface area contributed by atoms with Crippen molar-refractivity contribution < 1.29 is 9.59 Å². The van der Waals surface area contributed by atoms with Crippen LogP contribution in [0.3, 0.4) is 0 Å². The molecular weight excluding hydrogens is 140 g/mol. The first-order valence-corrected chi connectivity index (χ1v) is 4.00. The summed E-state index contributed by atoms with van der Waals surface area (Å²) in [6, 6.07) is 0. The molecule has 0 amide bonds. The van der Waals surface area contributed by atoms with Gasteiger partial charge in [0.25, 0.3) is 0 Å². The van der Waals surface area contributed by atoms with Crippen LogP contribution in [0.25, 0.3) is 0 Å². The van der Waals surface area contributed by atoms with Gasteiger partial charge in [-0.3, -0.25) is 9.59 Å². The number of fused-ring (bicyclic) bond motifs is 1. The first-order valence-electron chi connectivity index (χ1n) is 4.00. The molecule has 0 heterocycles. The maximum Gasteiger partial charge on any atom is 0.152 e. The van der Waals surface area contributed by atoms with Crippen molar-refractivity contribution in [3.63, 3.8) is 0 Å². The molecule has 2 unspecified atom stereocenters. The Hall–Kier alpha value is -0.660. The second-order valence-corrected chi connectivity index (χ2v) is 4.49. The van der Waals surface area contributed by atoms with Crippen LogP contribution < -0.4 is 0 Å². The lowest BCUT2D eigenvalue weighted by Gasteiger charge is -2.17. The van der Waals surface area contributed by atoms with Crippen molar-refractivity contribution >= 4 is 11.6 Å². The summed E-state index contributed by atoms with van der Waals surface area (Å²) in [5.74, 6) is 0.370. The van der Waals surface area contributed by atoms with Gasteiger partial charge in [0.05, 0.1) is 5.41 Å². The third-order valence-electron chi connectivity index (χ3n) is 3.26. The van der Waals surface area contributed by atoms with E-state index in [9.17, 15) is 9.59 Å². The van der Waals surface area contributed by atoms with Gasteiger partial charge < -0.3 is 0 Å². The van der Waals surface area contributed by atoms with Gasteiger partial charge in [-0.25, -0.2) is 0 Å². The van der Waals surface area contributed by atoms with Gasteiger partial charge in [0.2, 0.25) is 0 Å². The fourth-order valence-corrected chi connectivity index (χ4v) is 2.26. The lowest BCUT2D eigenvalue weighted by atomic mass is 9.83. The molecule has 2 rings (SSSR count). The van der Waals surface area contributed by atoms with E-state index in [1.165, 1.54) is 0 Å². The smallest absolute Gasteiger partial charge is 0.152 e. The maximum absolute atomic E-state index is 11.6. The minimum absolute atomic E-state index is 0.0602. The Kier molecular flexibility index (Phi) is 0.910. The van der Waals surface area contributed by atoms with E-state index in [2.05, 4.69) is 0 Å². The van der Waals surface area contributed by atoms with Crippen LogP contribution in [0, 0.1) is 16.7 Å². The van der Waals surface area contributed by atoms with E-state index in [4.69, 9.17) is 0 Å². The van der Waals surface area contributed by atoms with Gasteiger partial charge >= 0.3 is 0 Å². The van der Waals surface area contributed by atoms with E-state index in [1.54, 1.807) is 13.8 Å². The van der Waals surface area contributed by atoms with Crippen molar-refractivity contribution in [1.29, 1.82) is 0 Å². The lowest BCUT2D eigenvalue weighted by molar-refractivity contribution is -0.136. The van der Waals surface area contributed by atoms with Crippen molar-refractivity contribution in [3.05, 3.63) is 0 Å². The quantitative estimate of drug-likeness (QED) is 0.488. The van der Waals surface area contributed by atoms with E-state index in [0.29, 0.717) is 0 Å². The molecule has 2 fully saturated rings. The predicted octanol–water partition coefficient (Wildman–Crippen LogP) is 1.19. The number of hydrogen-bond acceptors (Lipinski definition) is 2. The summed E-state index contributed by atoms with van der Waals surface area (Å²) < 4.78 is 0. The Morgan fingerprint density at radius 1 is 1.27 bits per heavy atom. The van der Waals surface area contributed by atoms with Crippen LogP contribution in [0.4, 0.5) is 0 Å². The minimum atomic E-state index is -0.683. The molecule has 2 aliphatic rings. The Bertz CT molecular complexity index is 265. The molecule has 0 aliphatic heterocycles. The van der Waals surface area contributed by atoms with Crippen LogP contribution in [0.5, 0.6) is 0 Å². The molecule has 0 aromatic heterocycles. The third-order valence-corrected chi connectivity index (χ3v) is 3.26. The molecule has 60 valence electrons. The summed E-state index contributed by atoms with van der Waals surface area (Å²) in [4.78, 5) is 23.0. The molecule has 0 radical (unpaired) electrons. The standard InChI is InChI=1S/C9H12O2/c1-8(2)6(10)5-4-9(5,3)7(8)11/h5H,4H2,1-3H3. The molecule has 0 aromatic rings. The number of carbonyl (C=O) groups excluding carboxylic acids is 2. The topological polar surface area (TPSA) is 34.1 Å². The van der Waals surface area contributed by atoms with Crippen molar-refractivity contribution in [2.45, 2.75) is 27.2 Å². The summed E-state index contributed by atoms with van der Waals surface area (Å²) in [6.07, 6.45) is 0.800. The third kappa shape index (κ3) is 0.547. The first-order chi connectivity index (χ1) is 4.90. The molecule has 0 spiro atoms. The summed E-state index contributed by atoms with van der Waals surface area (Å²) in [6.45, 7) is 5.40. The van der Waals surface area contributed by atoms with Crippen LogP contribution in [-0.4, -0.2) is 11.6 Å². The molecular formula is C9H12O2. The van der Waals surface area contributed by atoms with E-state index >= 15 is 0 Å². The molecule has 2 atom stereocenters. The molecule has 2 nitrogen and oxygen atoms in total. The second kappa shape index (κ2) is 1.43. The fraction of sp³-hybridized carbons (Fsp3) is 0.778. The minimum Gasteiger partial charge on any atom is -0.298 e. The van der Waals surface area contributed by atoms with Gasteiger partial charge in [-0.05, 0) is 20.3 Å². The molecule has 0 saturated heterocycles. The molecule has 2 saturated carbocycles. The molecule has 2 aliphatic carbocycles. The number of ketones is 2. The average molecular weight is 152 g/mol. The van der Waals surface area contributed by atoms with Gasteiger partial charge in [-0.1, -0.05) is 6.92 Å². The molecule has 0 aromatic carbocycles. The van der Waals surface area contributed by atoms with Crippen LogP contribution in [0.2, 0.25) is 0 Å². The average Bonchev–Trinajstić information content (AvgIpc) is 2.56. The number of carbonyl (C=O) groups is 2. The van der Waals surface area contributed by atoms with Gasteiger partial charge in [0.15, 0.2) is 5.78 Å². The normalized spacial score (nSPS) is 45.9. The van der Waals surface area contributed by atoms with E-state index < -0.39 is 5.41 Å². The summed E-state index contributed by atoms with van der Waals surface area (Å²) in [7, 11) is 0. The van der Waals surface area contributed by atoms with Crippen LogP contribution >= 0.6 is 0 Å². The van der Waals surface area contributed by atoms with Crippen LogP contribution in [0.15, 0.2) is 0 Å². The highest BCUT2D eigenvalue weighted by atomic mass is 16.2. The number of rotatable bonds is 0. The largest absolute Gasteiger partial charge is 0.298 e. The summed E-state index contributed by atoms with van der Waals surface area (Å²) in [5.41, 5.74) is -0.946. The fourth-order valence-electron chi connectivity index (χ4n) is 2.26. The van der Waals surface area contributed by atoms with Crippen LogP contribution in [0.1, 0.15) is 27.2 Å². The van der Waals surface area contributed by atoms with Crippen molar-refractivity contribution in [2.75, 3.05) is 0 Å². The molecule has 2 heteroatoms. The molecule has 0 bridgehead atoms. The zero-order chi connectivity index (χ0) is 8.44. The summed E-state index contributed by atoms with van der Waals surface area (Å²) in [5, 5.41) is 0.